The van der Waals surface area contributed by atoms with Crippen LogP contribution in [0.1, 0.15) is 47.9 Å². The van der Waals surface area contributed by atoms with E-state index in [1.54, 1.807) is 18.9 Å². The molecule has 28 heavy (non-hydrogen) atoms. The summed E-state index contributed by atoms with van der Waals surface area (Å²) in [5, 5.41) is 7.02. The van der Waals surface area contributed by atoms with E-state index in [1.807, 2.05) is 13.0 Å². The number of nitrogens with one attached hydrogen (secondary N) is 2. The quantitative estimate of drug-likeness (QED) is 0.705. The summed E-state index contributed by atoms with van der Waals surface area (Å²) in [5.41, 5.74) is 1.83. The van der Waals surface area contributed by atoms with Crippen LogP contribution in [0.4, 0.5) is 0 Å². The number of fused-ring (bicyclic) bond motifs is 1. The van der Waals surface area contributed by atoms with E-state index in [-0.39, 0.29) is 35.9 Å². The van der Waals surface area contributed by atoms with Crippen LogP contribution in [0.5, 0.6) is 0 Å². The lowest BCUT2D eigenvalue weighted by Gasteiger charge is -2.22. The van der Waals surface area contributed by atoms with Gasteiger partial charge in [-0.15, -0.1) is 0 Å². The third-order valence-corrected chi connectivity index (χ3v) is 5.54. The molecule has 0 radical (unpaired) electrons. The number of aromatic amines is 2. The van der Waals surface area contributed by atoms with Crippen molar-refractivity contribution in [1.82, 2.24) is 24.8 Å². The van der Waals surface area contributed by atoms with Gasteiger partial charge in [0.2, 0.25) is 5.91 Å². The Morgan fingerprint density at radius 1 is 1.32 bits per heavy atom. The predicted molar refractivity (Wildman–Crippen MR) is 102 cm³/mol. The normalized spacial score (nSPS) is 17.0. The third-order valence-electron chi connectivity index (χ3n) is 5.54. The first-order valence-electron chi connectivity index (χ1n) is 9.40. The monoisotopic (exact) mass is 385 g/mol. The molecule has 0 aliphatic carbocycles. The highest BCUT2D eigenvalue weighted by molar-refractivity contribution is 5.80. The van der Waals surface area contributed by atoms with Gasteiger partial charge in [0.1, 0.15) is 5.65 Å². The minimum absolute atomic E-state index is 0.0302. The van der Waals surface area contributed by atoms with E-state index >= 15 is 0 Å². The second-order valence-corrected chi connectivity index (χ2v) is 7.40. The summed E-state index contributed by atoms with van der Waals surface area (Å²) in [6.07, 6.45) is 2.22. The second-order valence-electron chi connectivity index (χ2n) is 7.40. The van der Waals surface area contributed by atoms with Gasteiger partial charge in [-0.2, -0.15) is 0 Å². The first-order valence-corrected chi connectivity index (χ1v) is 9.40. The molecule has 3 aromatic rings. The maximum atomic E-state index is 12.8. The Bertz CT molecular complexity index is 1170. The van der Waals surface area contributed by atoms with Crippen molar-refractivity contribution in [3.8, 4) is 0 Å². The molecule has 4 rings (SSSR count). The maximum Gasteiger partial charge on any atom is 0.273 e. The van der Waals surface area contributed by atoms with E-state index in [1.165, 1.54) is 4.68 Å². The molecule has 0 bridgehead atoms. The van der Waals surface area contributed by atoms with Gasteiger partial charge in [-0.1, -0.05) is 5.16 Å². The van der Waals surface area contributed by atoms with Gasteiger partial charge in [-0.25, -0.2) is 0 Å². The number of hydrogen-bond acceptors (Lipinski definition) is 5. The van der Waals surface area contributed by atoms with Crippen molar-refractivity contribution in [3.63, 3.8) is 0 Å². The number of nitrogens with zero attached hydrogens (tertiary/aromatic N) is 3. The number of carbonyl (C=O) groups is 1. The Labute approximate surface area is 160 Å². The molecule has 1 atom stereocenters. The van der Waals surface area contributed by atoms with E-state index in [0.717, 1.165) is 18.5 Å². The van der Waals surface area contributed by atoms with Crippen molar-refractivity contribution in [2.45, 2.75) is 45.6 Å². The van der Waals surface area contributed by atoms with E-state index in [9.17, 15) is 14.4 Å². The molecular weight excluding hydrogens is 362 g/mol. The number of hydrogen-bond donors (Lipinski definition) is 2. The molecule has 3 aromatic heterocycles. The Morgan fingerprint density at radius 2 is 2.11 bits per heavy atom. The van der Waals surface area contributed by atoms with Gasteiger partial charge in [0.15, 0.2) is 5.76 Å². The predicted octanol–water partition coefficient (Wildman–Crippen LogP) is 1.46. The van der Waals surface area contributed by atoms with Crippen molar-refractivity contribution in [3.05, 3.63) is 49.4 Å². The molecule has 1 saturated heterocycles. The van der Waals surface area contributed by atoms with Gasteiger partial charge in [-0.3, -0.25) is 24.2 Å². The van der Waals surface area contributed by atoms with E-state index in [4.69, 9.17) is 4.52 Å². The lowest BCUT2D eigenvalue weighted by molar-refractivity contribution is -0.132. The molecule has 1 fully saturated rings. The fraction of sp³-hybridized carbons (Fsp3) is 0.474. The number of likely N-dealkylation sites (tertiary alicyclic amines) is 1. The zero-order valence-corrected chi connectivity index (χ0v) is 16.2. The summed E-state index contributed by atoms with van der Waals surface area (Å²) in [6.45, 7) is 4.27. The minimum Gasteiger partial charge on any atom is -0.359 e. The molecule has 4 heterocycles. The van der Waals surface area contributed by atoms with Gasteiger partial charge < -0.3 is 14.4 Å². The van der Waals surface area contributed by atoms with Crippen LogP contribution in [-0.2, 0) is 18.3 Å². The zero-order chi connectivity index (χ0) is 20.0. The topological polar surface area (TPSA) is 117 Å². The number of pyridine rings is 1. The molecule has 9 nitrogen and oxygen atoms in total. The Balaban J connectivity index is 1.56. The van der Waals surface area contributed by atoms with Gasteiger partial charge in [0, 0.05) is 31.6 Å². The van der Waals surface area contributed by atoms with E-state index in [2.05, 4.69) is 15.2 Å². The molecule has 1 unspecified atom stereocenters. The standard InChI is InChI=1S/C19H23N5O4/c1-10-9-14(28-22-10)13-5-4-8-24(13)15(25)7-6-12-11(2)16-17(20-18(12)26)23(3)21-19(16)27/h9,13H,4-8H2,1-3H3,(H,20,26)(H,21,27). The zero-order valence-electron chi connectivity index (χ0n) is 16.2. The Hall–Kier alpha value is -3.10. The molecule has 2 N–H and O–H groups in total. The molecule has 1 aliphatic heterocycles. The first kappa shape index (κ1) is 18.3. The Kier molecular flexibility index (Phi) is 4.44. The second kappa shape index (κ2) is 6.81. The molecule has 0 aromatic carbocycles. The molecule has 1 amide bonds. The lowest BCUT2D eigenvalue weighted by atomic mass is 10.0. The van der Waals surface area contributed by atoms with Gasteiger partial charge in [0.05, 0.1) is 17.1 Å². The molecular formula is C19H23N5O4. The van der Waals surface area contributed by atoms with Crippen molar-refractivity contribution in [1.29, 1.82) is 0 Å². The first-order chi connectivity index (χ1) is 13.4. The summed E-state index contributed by atoms with van der Waals surface area (Å²) < 4.78 is 6.85. The van der Waals surface area contributed by atoms with Crippen molar-refractivity contribution in [2.24, 2.45) is 7.05 Å². The Morgan fingerprint density at radius 3 is 2.82 bits per heavy atom. The van der Waals surface area contributed by atoms with Gasteiger partial charge in [-0.05, 0) is 38.7 Å². The molecule has 0 saturated carbocycles. The average molecular weight is 385 g/mol. The number of rotatable bonds is 4. The van der Waals surface area contributed by atoms with Gasteiger partial charge in [0.25, 0.3) is 11.1 Å². The number of carbonyl (C=O) groups excluding carboxylic acids is 1. The summed E-state index contributed by atoms with van der Waals surface area (Å²) >= 11 is 0. The van der Waals surface area contributed by atoms with E-state index < -0.39 is 0 Å². The highest BCUT2D eigenvalue weighted by Gasteiger charge is 2.32. The number of H-pyrrole nitrogens is 2. The highest BCUT2D eigenvalue weighted by atomic mass is 16.5. The van der Waals surface area contributed by atoms with Crippen LogP contribution in [0.2, 0.25) is 0 Å². The van der Waals surface area contributed by atoms with Crippen LogP contribution in [0.25, 0.3) is 11.0 Å². The summed E-state index contributed by atoms with van der Waals surface area (Å²) in [7, 11) is 1.67. The molecule has 9 heteroatoms. The largest absolute Gasteiger partial charge is 0.359 e. The van der Waals surface area contributed by atoms with Crippen molar-refractivity contribution < 1.29 is 9.32 Å². The van der Waals surface area contributed by atoms with Crippen LogP contribution in [-0.4, -0.2) is 37.3 Å². The summed E-state index contributed by atoms with van der Waals surface area (Å²) in [5.74, 6) is 0.673. The number of amides is 1. The molecule has 1 aliphatic rings. The smallest absolute Gasteiger partial charge is 0.273 e. The van der Waals surface area contributed by atoms with Crippen LogP contribution < -0.4 is 11.1 Å². The average Bonchev–Trinajstić information content (AvgIpc) is 3.34. The van der Waals surface area contributed by atoms with Gasteiger partial charge >= 0.3 is 0 Å². The number of aryl methyl sites for hydroxylation is 3. The van der Waals surface area contributed by atoms with Crippen LogP contribution in [0.3, 0.4) is 0 Å². The fourth-order valence-electron chi connectivity index (χ4n) is 4.12. The lowest BCUT2D eigenvalue weighted by Crippen LogP contribution is -2.31. The third kappa shape index (κ3) is 2.96. The summed E-state index contributed by atoms with van der Waals surface area (Å²) in [4.78, 5) is 42.0. The van der Waals surface area contributed by atoms with Crippen LogP contribution >= 0.6 is 0 Å². The fourth-order valence-corrected chi connectivity index (χ4v) is 4.12. The van der Waals surface area contributed by atoms with Crippen molar-refractivity contribution in [2.75, 3.05) is 6.54 Å². The maximum absolute atomic E-state index is 12.8. The minimum atomic E-state index is -0.267. The molecule has 148 valence electrons. The van der Waals surface area contributed by atoms with Crippen LogP contribution in [0.15, 0.2) is 20.2 Å². The SMILES string of the molecule is Cc1cc(C2CCCN2C(=O)CCc2c(C)c3c(=O)[nH]n(C)c3[nH]c2=O)on1. The van der Waals surface area contributed by atoms with Crippen LogP contribution in [0, 0.1) is 13.8 Å². The number of aromatic nitrogens is 4. The molecule has 0 spiro atoms. The summed E-state index contributed by atoms with van der Waals surface area (Å²) in [6, 6.07) is 1.76. The van der Waals surface area contributed by atoms with E-state index in [0.29, 0.717) is 34.5 Å². The highest BCUT2D eigenvalue weighted by Crippen LogP contribution is 2.32. The van der Waals surface area contributed by atoms with Crippen molar-refractivity contribution >= 4 is 16.9 Å².